The molecule has 1 aromatic heterocycles. The molecule has 3 rings (SSSR count). The molecule has 0 bridgehead atoms. The van der Waals surface area contributed by atoms with E-state index in [4.69, 9.17) is 0 Å². The average molecular weight is 423 g/mol. The van der Waals surface area contributed by atoms with E-state index in [9.17, 15) is 9.59 Å². The van der Waals surface area contributed by atoms with Gasteiger partial charge in [0, 0.05) is 47.5 Å². The van der Waals surface area contributed by atoms with Gasteiger partial charge in [-0.25, -0.2) is 0 Å². The molecule has 2 aromatic carbocycles. The maximum atomic E-state index is 12.9. The van der Waals surface area contributed by atoms with Gasteiger partial charge in [0.15, 0.2) is 5.78 Å². The number of pyridine rings is 1. The van der Waals surface area contributed by atoms with E-state index in [1.807, 2.05) is 30.3 Å². The summed E-state index contributed by atoms with van der Waals surface area (Å²) in [5, 5.41) is 0. The molecule has 0 N–H and O–H groups in total. The van der Waals surface area contributed by atoms with Crippen LogP contribution >= 0.6 is 15.9 Å². The van der Waals surface area contributed by atoms with Crippen LogP contribution in [0.1, 0.15) is 32.0 Å². The number of amides is 1. The molecule has 0 saturated heterocycles. The molecule has 0 aliphatic rings. The van der Waals surface area contributed by atoms with Crippen LogP contribution in [0.25, 0.3) is 0 Å². The monoisotopic (exact) mass is 422 g/mol. The molecule has 0 spiro atoms. The van der Waals surface area contributed by atoms with Crippen molar-refractivity contribution in [2.75, 3.05) is 13.6 Å². The van der Waals surface area contributed by atoms with Gasteiger partial charge >= 0.3 is 0 Å². The van der Waals surface area contributed by atoms with Crippen LogP contribution < -0.4 is 0 Å². The SMILES string of the molecule is CN(CCc1ccccn1)C(=O)c1ccccc1C(=O)c1ccc(Br)cc1. The maximum Gasteiger partial charge on any atom is 0.254 e. The molecule has 0 atom stereocenters. The van der Waals surface area contributed by atoms with Gasteiger partial charge in [-0.1, -0.05) is 40.2 Å². The fraction of sp³-hybridized carbons (Fsp3) is 0.136. The lowest BCUT2D eigenvalue weighted by molar-refractivity contribution is 0.0791. The number of aromatic nitrogens is 1. The largest absolute Gasteiger partial charge is 0.341 e. The van der Waals surface area contributed by atoms with Gasteiger partial charge in [0.2, 0.25) is 0 Å². The third-order valence-corrected chi connectivity index (χ3v) is 4.81. The van der Waals surface area contributed by atoms with Gasteiger partial charge in [-0.05, 0) is 42.5 Å². The van der Waals surface area contributed by atoms with E-state index in [1.165, 1.54) is 0 Å². The number of rotatable bonds is 6. The second-order valence-electron chi connectivity index (χ2n) is 6.18. The lowest BCUT2D eigenvalue weighted by Crippen LogP contribution is -2.30. The molecule has 136 valence electrons. The summed E-state index contributed by atoms with van der Waals surface area (Å²) in [6, 6.07) is 19.8. The zero-order valence-corrected chi connectivity index (χ0v) is 16.5. The van der Waals surface area contributed by atoms with Crippen LogP contribution in [-0.2, 0) is 6.42 Å². The normalized spacial score (nSPS) is 10.4. The van der Waals surface area contributed by atoms with Crippen LogP contribution in [0.3, 0.4) is 0 Å². The van der Waals surface area contributed by atoms with Crippen molar-refractivity contribution >= 4 is 27.6 Å². The zero-order valence-electron chi connectivity index (χ0n) is 14.9. The van der Waals surface area contributed by atoms with E-state index in [0.29, 0.717) is 29.7 Å². The summed E-state index contributed by atoms with van der Waals surface area (Å²) < 4.78 is 0.901. The van der Waals surface area contributed by atoms with E-state index in [-0.39, 0.29) is 11.7 Å². The fourth-order valence-electron chi connectivity index (χ4n) is 2.76. The molecule has 4 nitrogen and oxygen atoms in total. The highest BCUT2D eigenvalue weighted by Gasteiger charge is 2.20. The molecule has 0 aliphatic carbocycles. The minimum absolute atomic E-state index is 0.162. The van der Waals surface area contributed by atoms with Gasteiger partial charge in [0.05, 0.1) is 5.56 Å². The van der Waals surface area contributed by atoms with E-state index in [1.54, 1.807) is 54.5 Å². The Bertz CT molecular complexity index is 940. The Hall–Kier alpha value is -2.79. The van der Waals surface area contributed by atoms with Crippen molar-refractivity contribution in [3.63, 3.8) is 0 Å². The molecular formula is C22H19BrN2O2. The number of carbonyl (C=O) groups is 2. The van der Waals surface area contributed by atoms with Crippen LogP contribution in [0, 0.1) is 0 Å². The molecule has 0 radical (unpaired) electrons. The summed E-state index contributed by atoms with van der Waals surface area (Å²) in [5.41, 5.74) is 2.30. The van der Waals surface area contributed by atoms with Crippen LogP contribution in [-0.4, -0.2) is 35.2 Å². The maximum absolute atomic E-state index is 12.9. The van der Waals surface area contributed by atoms with Crippen LogP contribution in [0.4, 0.5) is 0 Å². The summed E-state index contributed by atoms with van der Waals surface area (Å²) in [6.45, 7) is 0.524. The van der Waals surface area contributed by atoms with Gasteiger partial charge < -0.3 is 4.90 Å². The first kappa shape index (κ1) is 19.0. The molecule has 0 unspecified atom stereocenters. The second-order valence-corrected chi connectivity index (χ2v) is 7.10. The molecule has 0 fully saturated rings. The summed E-state index contributed by atoms with van der Waals surface area (Å²) in [5.74, 6) is -0.337. The Morgan fingerprint density at radius 1 is 0.926 bits per heavy atom. The Kier molecular flexibility index (Phi) is 6.14. The number of hydrogen-bond donors (Lipinski definition) is 0. The van der Waals surface area contributed by atoms with Crippen molar-refractivity contribution in [3.05, 3.63) is 99.8 Å². The van der Waals surface area contributed by atoms with Crippen LogP contribution in [0.5, 0.6) is 0 Å². The highest BCUT2D eigenvalue weighted by Crippen LogP contribution is 2.18. The standard InChI is InChI=1S/C22H19BrN2O2/c1-25(15-13-18-6-4-5-14-24-18)22(27)20-8-3-2-7-19(20)21(26)16-9-11-17(23)12-10-16/h2-12,14H,13,15H2,1H3. The first-order valence-corrected chi connectivity index (χ1v) is 9.40. The van der Waals surface area contributed by atoms with Gasteiger partial charge in [0.25, 0.3) is 5.91 Å². The van der Waals surface area contributed by atoms with Crippen molar-refractivity contribution < 1.29 is 9.59 Å². The average Bonchev–Trinajstić information content (AvgIpc) is 2.72. The van der Waals surface area contributed by atoms with E-state index in [0.717, 1.165) is 10.2 Å². The van der Waals surface area contributed by atoms with Gasteiger partial charge in [-0.15, -0.1) is 0 Å². The second kappa shape index (κ2) is 8.73. The van der Waals surface area contributed by atoms with Gasteiger partial charge in [-0.3, -0.25) is 14.6 Å². The number of halogens is 1. The van der Waals surface area contributed by atoms with Crippen molar-refractivity contribution in [1.82, 2.24) is 9.88 Å². The highest BCUT2D eigenvalue weighted by atomic mass is 79.9. The third kappa shape index (κ3) is 4.68. The van der Waals surface area contributed by atoms with Crippen molar-refractivity contribution in [1.29, 1.82) is 0 Å². The summed E-state index contributed by atoms with van der Waals surface area (Å²) >= 11 is 3.37. The van der Waals surface area contributed by atoms with Gasteiger partial charge in [-0.2, -0.15) is 0 Å². The highest BCUT2D eigenvalue weighted by molar-refractivity contribution is 9.10. The number of benzene rings is 2. The third-order valence-electron chi connectivity index (χ3n) is 4.28. The van der Waals surface area contributed by atoms with Gasteiger partial charge in [0.1, 0.15) is 0 Å². The molecule has 1 amide bonds. The first-order valence-electron chi connectivity index (χ1n) is 8.61. The molecule has 0 saturated carbocycles. The van der Waals surface area contributed by atoms with Crippen molar-refractivity contribution in [2.45, 2.75) is 6.42 Å². The lowest BCUT2D eigenvalue weighted by atomic mass is 9.97. The van der Waals surface area contributed by atoms with E-state index < -0.39 is 0 Å². The Morgan fingerprint density at radius 3 is 2.26 bits per heavy atom. The fourth-order valence-corrected chi connectivity index (χ4v) is 3.02. The van der Waals surface area contributed by atoms with Crippen LogP contribution in [0.15, 0.2) is 77.4 Å². The molecule has 5 heteroatoms. The predicted octanol–water partition coefficient (Wildman–Crippen LogP) is 4.39. The molecular weight excluding hydrogens is 404 g/mol. The number of hydrogen-bond acceptors (Lipinski definition) is 3. The topological polar surface area (TPSA) is 50.3 Å². The molecule has 0 aliphatic heterocycles. The summed E-state index contributed by atoms with van der Waals surface area (Å²) in [6.07, 6.45) is 2.40. The smallest absolute Gasteiger partial charge is 0.254 e. The summed E-state index contributed by atoms with van der Waals surface area (Å²) in [4.78, 5) is 31.7. The number of carbonyl (C=O) groups excluding carboxylic acids is 2. The lowest BCUT2D eigenvalue weighted by Gasteiger charge is -2.18. The first-order chi connectivity index (χ1) is 13.1. The summed E-state index contributed by atoms with van der Waals surface area (Å²) in [7, 11) is 1.74. The van der Waals surface area contributed by atoms with E-state index in [2.05, 4.69) is 20.9 Å². The minimum Gasteiger partial charge on any atom is -0.341 e. The molecule has 1 heterocycles. The quantitative estimate of drug-likeness (QED) is 0.553. The number of likely N-dealkylation sites (N-methyl/N-ethyl adjacent to an activating group) is 1. The Balaban J connectivity index is 1.79. The number of ketones is 1. The number of nitrogens with zero attached hydrogens (tertiary/aromatic N) is 2. The Morgan fingerprint density at radius 2 is 1.59 bits per heavy atom. The predicted molar refractivity (Wildman–Crippen MR) is 109 cm³/mol. The van der Waals surface area contributed by atoms with Crippen molar-refractivity contribution in [3.8, 4) is 0 Å². The Labute approximate surface area is 167 Å². The zero-order chi connectivity index (χ0) is 19.2. The van der Waals surface area contributed by atoms with E-state index >= 15 is 0 Å². The van der Waals surface area contributed by atoms with Crippen molar-refractivity contribution in [2.24, 2.45) is 0 Å². The minimum atomic E-state index is -0.174. The molecule has 3 aromatic rings. The van der Waals surface area contributed by atoms with Crippen LogP contribution in [0.2, 0.25) is 0 Å². The molecule has 27 heavy (non-hydrogen) atoms.